The summed E-state index contributed by atoms with van der Waals surface area (Å²) in [6.07, 6.45) is 11.9. The predicted octanol–water partition coefficient (Wildman–Crippen LogP) is 5.25. The van der Waals surface area contributed by atoms with E-state index in [4.69, 9.17) is 17.2 Å². The zero-order chi connectivity index (χ0) is 22.1. The van der Waals surface area contributed by atoms with Crippen LogP contribution in [0.1, 0.15) is 72.4 Å². The molecule has 1 saturated carbocycles. The number of rotatable bonds is 5. The third-order valence-corrected chi connectivity index (χ3v) is 7.45. The number of hydrogen-bond acceptors (Lipinski definition) is 3. The van der Waals surface area contributed by atoms with E-state index in [1.165, 1.54) is 54.6 Å². The minimum absolute atomic E-state index is 0.0560. The van der Waals surface area contributed by atoms with Crippen LogP contribution in [-0.4, -0.2) is 30.6 Å². The molecule has 2 atom stereocenters. The number of aromatic nitrogens is 3. The van der Waals surface area contributed by atoms with Gasteiger partial charge < -0.3 is 14.8 Å². The maximum absolute atomic E-state index is 5.94. The minimum Gasteiger partial charge on any atom is -0.352 e. The Kier molecular flexibility index (Phi) is 5.96. The summed E-state index contributed by atoms with van der Waals surface area (Å²) in [6, 6.07) is 13.4. The monoisotopic (exact) mass is 445 g/mol. The van der Waals surface area contributed by atoms with Gasteiger partial charge in [-0.05, 0) is 80.4 Å². The fraction of sp³-hybridized carbons (Fsp3) is 0.423. The highest BCUT2D eigenvalue weighted by Crippen LogP contribution is 2.44. The predicted molar refractivity (Wildman–Crippen MR) is 131 cm³/mol. The van der Waals surface area contributed by atoms with Crippen LogP contribution in [0, 0.1) is 13.8 Å². The first-order valence-electron chi connectivity index (χ1n) is 11.7. The van der Waals surface area contributed by atoms with Crippen LogP contribution in [0.4, 0.5) is 0 Å². The molecule has 0 amide bonds. The molecule has 1 aliphatic carbocycles. The van der Waals surface area contributed by atoms with Gasteiger partial charge in [0.15, 0.2) is 5.11 Å². The number of thiocarbonyl (C=S) groups is 1. The Morgan fingerprint density at radius 2 is 1.81 bits per heavy atom. The highest BCUT2D eigenvalue weighted by atomic mass is 32.1. The Bertz CT molecular complexity index is 1070. The van der Waals surface area contributed by atoms with Crippen molar-refractivity contribution in [2.24, 2.45) is 0 Å². The van der Waals surface area contributed by atoms with Gasteiger partial charge in [-0.1, -0.05) is 25.3 Å². The summed E-state index contributed by atoms with van der Waals surface area (Å²) in [5, 5.41) is 4.52. The van der Waals surface area contributed by atoms with Crippen LogP contribution in [0.25, 0.3) is 0 Å². The topological polar surface area (TPSA) is 46.0 Å². The summed E-state index contributed by atoms with van der Waals surface area (Å²) in [7, 11) is 0. The molecule has 1 aliphatic heterocycles. The quantitative estimate of drug-likeness (QED) is 0.544. The zero-order valence-electron chi connectivity index (χ0n) is 18.9. The molecule has 0 aromatic carbocycles. The third-order valence-electron chi connectivity index (χ3n) is 7.12. The van der Waals surface area contributed by atoms with Gasteiger partial charge in [0.05, 0.1) is 17.8 Å². The summed E-state index contributed by atoms with van der Waals surface area (Å²) in [4.78, 5) is 11.4. The molecule has 0 bridgehead atoms. The van der Waals surface area contributed by atoms with Crippen LogP contribution in [0.3, 0.4) is 0 Å². The Labute approximate surface area is 195 Å². The molecule has 1 N–H and O–H groups in total. The maximum Gasteiger partial charge on any atom is 0.170 e. The lowest BCUT2D eigenvalue weighted by atomic mass is 9.90. The fourth-order valence-electron chi connectivity index (χ4n) is 5.49. The molecule has 5 rings (SSSR count). The molecule has 32 heavy (non-hydrogen) atoms. The zero-order valence-corrected chi connectivity index (χ0v) is 19.7. The largest absolute Gasteiger partial charge is 0.352 e. The van der Waals surface area contributed by atoms with Crippen molar-refractivity contribution in [1.29, 1.82) is 0 Å². The molecule has 0 spiro atoms. The second-order valence-electron chi connectivity index (χ2n) is 9.09. The van der Waals surface area contributed by atoms with Gasteiger partial charge in [0, 0.05) is 42.6 Å². The molecule has 0 radical (unpaired) electrons. The van der Waals surface area contributed by atoms with Crippen molar-refractivity contribution in [3.63, 3.8) is 0 Å². The Hall–Kier alpha value is -2.73. The van der Waals surface area contributed by atoms with E-state index in [-0.39, 0.29) is 12.1 Å². The normalized spacial score (nSPS) is 21.7. The summed E-state index contributed by atoms with van der Waals surface area (Å²) >= 11 is 5.94. The van der Waals surface area contributed by atoms with Crippen LogP contribution in [-0.2, 0) is 6.54 Å². The van der Waals surface area contributed by atoms with E-state index >= 15 is 0 Å². The smallest absolute Gasteiger partial charge is 0.170 e. The molecular weight excluding hydrogens is 414 g/mol. The van der Waals surface area contributed by atoms with Gasteiger partial charge >= 0.3 is 0 Å². The number of pyridine rings is 2. The van der Waals surface area contributed by atoms with Gasteiger partial charge in [0.1, 0.15) is 0 Å². The van der Waals surface area contributed by atoms with Gasteiger partial charge in [0.25, 0.3) is 0 Å². The molecule has 5 nitrogen and oxygen atoms in total. The van der Waals surface area contributed by atoms with Crippen molar-refractivity contribution in [2.45, 2.75) is 70.6 Å². The number of nitrogens with zero attached hydrogens (tertiary/aromatic N) is 4. The van der Waals surface area contributed by atoms with Crippen LogP contribution >= 0.6 is 12.2 Å². The average molecular weight is 446 g/mol. The van der Waals surface area contributed by atoms with E-state index in [1.807, 2.05) is 24.7 Å². The van der Waals surface area contributed by atoms with Gasteiger partial charge in [0.2, 0.25) is 0 Å². The third kappa shape index (κ3) is 3.92. The summed E-state index contributed by atoms with van der Waals surface area (Å²) in [5.74, 6) is 0. The Morgan fingerprint density at radius 3 is 2.53 bits per heavy atom. The first kappa shape index (κ1) is 21.1. The maximum atomic E-state index is 5.94. The number of aryl methyl sites for hydroxylation is 1. The lowest BCUT2D eigenvalue weighted by Gasteiger charge is -2.37. The fourth-order valence-corrected chi connectivity index (χ4v) is 5.88. The van der Waals surface area contributed by atoms with Crippen molar-refractivity contribution in [1.82, 2.24) is 24.8 Å². The van der Waals surface area contributed by atoms with Gasteiger partial charge in [-0.3, -0.25) is 9.97 Å². The van der Waals surface area contributed by atoms with Gasteiger partial charge in [-0.15, -0.1) is 0 Å². The van der Waals surface area contributed by atoms with E-state index in [0.29, 0.717) is 6.04 Å². The Morgan fingerprint density at radius 1 is 1.03 bits per heavy atom. The van der Waals surface area contributed by atoms with Crippen LogP contribution in [0.5, 0.6) is 0 Å². The van der Waals surface area contributed by atoms with E-state index in [9.17, 15) is 0 Å². The molecule has 3 aromatic rings. The minimum atomic E-state index is 0.0560. The summed E-state index contributed by atoms with van der Waals surface area (Å²) < 4.78 is 2.42. The number of nitrogens with one attached hydrogen (secondary N) is 1. The van der Waals surface area contributed by atoms with E-state index < -0.39 is 0 Å². The average Bonchev–Trinajstić information content (AvgIpc) is 3.32. The highest BCUT2D eigenvalue weighted by Gasteiger charge is 2.44. The molecule has 2 aliphatic rings. The molecule has 1 saturated heterocycles. The first-order chi connectivity index (χ1) is 15.6. The van der Waals surface area contributed by atoms with Crippen LogP contribution < -0.4 is 5.32 Å². The molecular formula is C26H31N5S. The molecule has 3 aromatic heterocycles. The first-order valence-corrected chi connectivity index (χ1v) is 12.1. The Balaban J connectivity index is 1.56. The van der Waals surface area contributed by atoms with Gasteiger partial charge in [-0.2, -0.15) is 0 Å². The van der Waals surface area contributed by atoms with E-state index in [2.05, 4.69) is 63.9 Å². The van der Waals surface area contributed by atoms with Crippen LogP contribution in [0.2, 0.25) is 0 Å². The van der Waals surface area contributed by atoms with Crippen molar-refractivity contribution in [2.75, 3.05) is 0 Å². The van der Waals surface area contributed by atoms with E-state index in [1.54, 1.807) is 0 Å². The summed E-state index contributed by atoms with van der Waals surface area (Å²) in [5.41, 5.74) is 6.24. The van der Waals surface area contributed by atoms with Crippen LogP contribution in [0.15, 0.2) is 55.0 Å². The lowest BCUT2D eigenvalue weighted by molar-refractivity contribution is 0.196. The lowest BCUT2D eigenvalue weighted by Crippen LogP contribution is -2.40. The van der Waals surface area contributed by atoms with Crippen molar-refractivity contribution in [3.05, 3.63) is 83.2 Å². The molecule has 4 heterocycles. The second-order valence-corrected chi connectivity index (χ2v) is 9.48. The number of hydrogen-bond donors (Lipinski definition) is 1. The SMILES string of the molecule is Cc1cc([C@H]2[C@H](c3ccccn3)NC(=S)N2C2CCCCC2)c(C)n1Cc1ccncc1. The van der Waals surface area contributed by atoms with Crippen molar-refractivity contribution in [3.8, 4) is 0 Å². The van der Waals surface area contributed by atoms with Crippen molar-refractivity contribution < 1.29 is 0 Å². The summed E-state index contributed by atoms with van der Waals surface area (Å²) in [6.45, 7) is 5.31. The highest BCUT2D eigenvalue weighted by molar-refractivity contribution is 7.80. The molecule has 2 fully saturated rings. The van der Waals surface area contributed by atoms with E-state index in [0.717, 1.165) is 17.4 Å². The van der Waals surface area contributed by atoms with Gasteiger partial charge in [-0.25, -0.2) is 0 Å². The molecule has 6 heteroatoms. The van der Waals surface area contributed by atoms with Crippen molar-refractivity contribution >= 4 is 17.3 Å². The molecule has 166 valence electrons. The standard InChI is InChI=1S/C26H31N5S/c1-18-16-22(19(2)30(18)17-20-11-14-27-15-12-20)25-24(23-10-6-7-13-28-23)29-26(32)31(25)21-8-4-3-5-9-21/h6-7,10-16,21,24-25H,3-5,8-9,17H2,1-2H3,(H,29,32)/t24-,25-/m0/s1. The second kappa shape index (κ2) is 9.02. The molecule has 0 unspecified atom stereocenters.